The van der Waals surface area contributed by atoms with Gasteiger partial charge in [-0.2, -0.15) is 5.10 Å². The molecule has 3 rings (SSSR count). The molecule has 2 unspecified atom stereocenters. The minimum Gasteiger partial charge on any atom is -0.378 e. The van der Waals surface area contributed by atoms with E-state index in [0.717, 1.165) is 36.3 Å². The van der Waals surface area contributed by atoms with Crippen LogP contribution < -0.4 is 5.32 Å². The summed E-state index contributed by atoms with van der Waals surface area (Å²) in [6, 6.07) is 0.409. The molecule has 0 aromatic carbocycles. The molecular weight excluding hydrogens is 230 g/mol. The van der Waals surface area contributed by atoms with Crippen LogP contribution in [0.25, 0.3) is 11.0 Å². The Kier molecular flexibility index (Phi) is 2.87. The molecule has 1 N–H and O–H groups in total. The van der Waals surface area contributed by atoms with Gasteiger partial charge in [-0.05, 0) is 19.8 Å². The molecule has 6 nitrogen and oxygen atoms in total. The third-order valence-electron chi connectivity index (χ3n) is 3.36. The Bertz CT molecular complexity index is 552. The van der Waals surface area contributed by atoms with Crippen LogP contribution in [0.4, 0.5) is 5.82 Å². The molecule has 0 bridgehead atoms. The molecule has 0 saturated carbocycles. The second-order valence-corrected chi connectivity index (χ2v) is 4.77. The SMILES string of the molecule is CC1CC(Nc2ncnc3c2cnn3C)CCO1. The highest BCUT2D eigenvalue weighted by atomic mass is 16.5. The van der Waals surface area contributed by atoms with Crippen LogP contribution in [-0.2, 0) is 11.8 Å². The maximum atomic E-state index is 5.55. The van der Waals surface area contributed by atoms with Crippen molar-refractivity contribution in [3.63, 3.8) is 0 Å². The van der Waals surface area contributed by atoms with Crippen molar-refractivity contribution in [3.8, 4) is 0 Å². The zero-order chi connectivity index (χ0) is 12.5. The minimum absolute atomic E-state index is 0.308. The lowest BCUT2D eigenvalue weighted by atomic mass is 10.0. The van der Waals surface area contributed by atoms with Crippen LogP contribution in [0.5, 0.6) is 0 Å². The summed E-state index contributed by atoms with van der Waals surface area (Å²) in [5.74, 6) is 0.868. The molecule has 1 aliphatic heterocycles. The fraction of sp³-hybridized carbons (Fsp3) is 0.583. The summed E-state index contributed by atoms with van der Waals surface area (Å²) in [6.07, 6.45) is 5.71. The molecule has 2 atom stereocenters. The predicted molar refractivity (Wildman–Crippen MR) is 68.4 cm³/mol. The van der Waals surface area contributed by atoms with E-state index in [-0.39, 0.29) is 0 Å². The van der Waals surface area contributed by atoms with Gasteiger partial charge >= 0.3 is 0 Å². The number of hydrogen-bond donors (Lipinski definition) is 1. The first kappa shape index (κ1) is 11.4. The largest absolute Gasteiger partial charge is 0.378 e. The Morgan fingerprint density at radius 2 is 2.33 bits per heavy atom. The number of nitrogens with one attached hydrogen (secondary N) is 1. The van der Waals surface area contributed by atoms with Gasteiger partial charge in [0.25, 0.3) is 0 Å². The summed E-state index contributed by atoms with van der Waals surface area (Å²) >= 11 is 0. The van der Waals surface area contributed by atoms with Crippen molar-refractivity contribution in [1.29, 1.82) is 0 Å². The zero-order valence-corrected chi connectivity index (χ0v) is 10.6. The number of rotatable bonds is 2. The fourth-order valence-electron chi connectivity index (χ4n) is 2.40. The van der Waals surface area contributed by atoms with Gasteiger partial charge in [0.15, 0.2) is 5.65 Å². The molecule has 2 aromatic rings. The molecule has 2 aromatic heterocycles. The molecule has 1 aliphatic rings. The second-order valence-electron chi connectivity index (χ2n) is 4.77. The first-order valence-corrected chi connectivity index (χ1v) is 6.25. The van der Waals surface area contributed by atoms with Gasteiger partial charge in [-0.1, -0.05) is 0 Å². The Balaban J connectivity index is 1.86. The third kappa shape index (κ3) is 2.03. The summed E-state index contributed by atoms with van der Waals surface area (Å²) in [6.45, 7) is 2.91. The fourth-order valence-corrected chi connectivity index (χ4v) is 2.40. The molecule has 96 valence electrons. The van der Waals surface area contributed by atoms with Crippen molar-refractivity contribution in [2.45, 2.75) is 31.9 Å². The standard InChI is InChI=1S/C12H17N5O/c1-8-5-9(3-4-18-8)16-11-10-6-15-17(2)12(10)14-7-13-11/h6-9H,3-5H2,1-2H3,(H,13,14,16). The first-order chi connectivity index (χ1) is 8.74. The molecule has 1 fully saturated rings. The first-order valence-electron chi connectivity index (χ1n) is 6.25. The average molecular weight is 247 g/mol. The van der Waals surface area contributed by atoms with Gasteiger partial charge in [-0.3, -0.25) is 4.68 Å². The molecule has 0 amide bonds. The van der Waals surface area contributed by atoms with Gasteiger partial charge in [-0.25, -0.2) is 9.97 Å². The van der Waals surface area contributed by atoms with E-state index in [1.54, 1.807) is 17.2 Å². The summed E-state index contributed by atoms with van der Waals surface area (Å²) in [7, 11) is 1.88. The van der Waals surface area contributed by atoms with Gasteiger partial charge in [0.05, 0.1) is 17.7 Å². The maximum absolute atomic E-state index is 5.55. The molecule has 1 saturated heterocycles. The number of aryl methyl sites for hydroxylation is 1. The van der Waals surface area contributed by atoms with Crippen LogP contribution >= 0.6 is 0 Å². The second kappa shape index (κ2) is 4.53. The molecule has 6 heteroatoms. The van der Waals surface area contributed by atoms with Crippen LogP contribution in [0.15, 0.2) is 12.5 Å². The summed E-state index contributed by atoms with van der Waals surface area (Å²) in [5.41, 5.74) is 0.854. The highest BCUT2D eigenvalue weighted by Gasteiger charge is 2.20. The summed E-state index contributed by atoms with van der Waals surface area (Å²) in [4.78, 5) is 8.56. The molecule has 3 heterocycles. The Morgan fingerprint density at radius 3 is 3.17 bits per heavy atom. The van der Waals surface area contributed by atoms with E-state index in [4.69, 9.17) is 4.74 Å². The van der Waals surface area contributed by atoms with Crippen LogP contribution in [0.1, 0.15) is 19.8 Å². The molecular formula is C12H17N5O. The van der Waals surface area contributed by atoms with E-state index in [2.05, 4.69) is 27.3 Å². The van der Waals surface area contributed by atoms with Crippen molar-refractivity contribution in [2.24, 2.45) is 7.05 Å². The van der Waals surface area contributed by atoms with Crippen LogP contribution in [0.3, 0.4) is 0 Å². The summed E-state index contributed by atoms with van der Waals surface area (Å²) in [5, 5.41) is 8.67. The van der Waals surface area contributed by atoms with E-state index in [0.29, 0.717) is 12.1 Å². The third-order valence-corrected chi connectivity index (χ3v) is 3.36. The highest BCUT2D eigenvalue weighted by Crippen LogP contribution is 2.22. The quantitative estimate of drug-likeness (QED) is 0.867. The average Bonchev–Trinajstić information content (AvgIpc) is 2.73. The summed E-state index contributed by atoms with van der Waals surface area (Å²) < 4.78 is 7.31. The van der Waals surface area contributed by atoms with E-state index in [1.165, 1.54) is 0 Å². The van der Waals surface area contributed by atoms with Gasteiger partial charge in [0.2, 0.25) is 0 Å². The highest BCUT2D eigenvalue weighted by molar-refractivity contribution is 5.86. The van der Waals surface area contributed by atoms with Crippen molar-refractivity contribution in [1.82, 2.24) is 19.7 Å². The van der Waals surface area contributed by atoms with Gasteiger partial charge < -0.3 is 10.1 Å². The molecule has 18 heavy (non-hydrogen) atoms. The number of fused-ring (bicyclic) bond motifs is 1. The van der Waals surface area contributed by atoms with Crippen molar-refractivity contribution in [3.05, 3.63) is 12.5 Å². The van der Waals surface area contributed by atoms with Gasteiger partial charge in [-0.15, -0.1) is 0 Å². The number of ether oxygens (including phenoxy) is 1. The lowest BCUT2D eigenvalue weighted by molar-refractivity contribution is 0.0232. The molecule has 0 aliphatic carbocycles. The van der Waals surface area contributed by atoms with E-state index in [9.17, 15) is 0 Å². The van der Waals surface area contributed by atoms with Crippen molar-refractivity contribution in [2.75, 3.05) is 11.9 Å². The van der Waals surface area contributed by atoms with Gasteiger partial charge in [0, 0.05) is 19.7 Å². The topological polar surface area (TPSA) is 64.9 Å². The predicted octanol–water partition coefficient (Wildman–Crippen LogP) is 1.34. The van der Waals surface area contributed by atoms with Crippen LogP contribution in [-0.4, -0.2) is 38.5 Å². The maximum Gasteiger partial charge on any atom is 0.163 e. The normalized spacial score (nSPS) is 24.3. The molecule has 0 radical (unpaired) electrons. The lowest BCUT2D eigenvalue weighted by Gasteiger charge is -2.28. The van der Waals surface area contributed by atoms with Crippen LogP contribution in [0, 0.1) is 0 Å². The van der Waals surface area contributed by atoms with E-state index >= 15 is 0 Å². The van der Waals surface area contributed by atoms with Crippen LogP contribution in [0.2, 0.25) is 0 Å². The number of aromatic nitrogens is 4. The van der Waals surface area contributed by atoms with Crippen molar-refractivity contribution < 1.29 is 4.74 Å². The number of anilines is 1. The monoisotopic (exact) mass is 247 g/mol. The minimum atomic E-state index is 0.308. The molecule has 0 spiro atoms. The smallest absolute Gasteiger partial charge is 0.163 e. The number of hydrogen-bond acceptors (Lipinski definition) is 5. The van der Waals surface area contributed by atoms with Gasteiger partial charge in [0.1, 0.15) is 12.1 Å². The van der Waals surface area contributed by atoms with E-state index in [1.807, 2.05) is 7.05 Å². The number of nitrogens with zero attached hydrogens (tertiary/aromatic N) is 4. The van der Waals surface area contributed by atoms with E-state index < -0.39 is 0 Å². The lowest BCUT2D eigenvalue weighted by Crippen LogP contribution is -2.32. The Hall–Kier alpha value is -1.69. The zero-order valence-electron chi connectivity index (χ0n) is 10.6. The Morgan fingerprint density at radius 1 is 1.44 bits per heavy atom. The Labute approximate surface area is 105 Å². The van der Waals surface area contributed by atoms with Crippen molar-refractivity contribution >= 4 is 16.9 Å².